The second kappa shape index (κ2) is 9.96. The highest BCUT2D eigenvalue weighted by atomic mass is 127. The van der Waals surface area contributed by atoms with Crippen molar-refractivity contribution < 1.29 is 4.52 Å². The van der Waals surface area contributed by atoms with Crippen molar-refractivity contribution in [1.82, 2.24) is 20.8 Å². The molecular weight excluding hydrogens is 453 g/mol. The van der Waals surface area contributed by atoms with Crippen molar-refractivity contribution in [2.75, 3.05) is 7.05 Å². The van der Waals surface area contributed by atoms with Crippen molar-refractivity contribution in [2.45, 2.75) is 44.7 Å². The fourth-order valence-electron chi connectivity index (χ4n) is 2.84. The highest BCUT2D eigenvalue weighted by Crippen LogP contribution is 2.19. The van der Waals surface area contributed by atoms with Gasteiger partial charge in [0, 0.05) is 23.7 Å². The maximum absolute atomic E-state index is 5.89. The van der Waals surface area contributed by atoms with Crippen LogP contribution in [0.15, 0.2) is 33.8 Å². The molecule has 1 aromatic heterocycles. The Morgan fingerprint density at radius 3 is 2.64 bits per heavy atom. The van der Waals surface area contributed by atoms with Crippen LogP contribution < -0.4 is 10.6 Å². The summed E-state index contributed by atoms with van der Waals surface area (Å²) >= 11 is 5.89. The van der Waals surface area contributed by atoms with Crippen LogP contribution in [-0.2, 0) is 6.54 Å². The van der Waals surface area contributed by atoms with Crippen LogP contribution in [0.2, 0.25) is 5.02 Å². The molecule has 3 rings (SSSR count). The Balaban J connectivity index is 0.00000225. The zero-order valence-corrected chi connectivity index (χ0v) is 17.3. The Labute approximate surface area is 169 Å². The van der Waals surface area contributed by atoms with E-state index in [0.29, 0.717) is 29.3 Å². The average molecular weight is 476 g/mol. The van der Waals surface area contributed by atoms with Crippen molar-refractivity contribution in [3.63, 3.8) is 0 Å². The number of nitrogens with zero attached hydrogens (tertiary/aromatic N) is 3. The van der Waals surface area contributed by atoms with Crippen molar-refractivity contribution in [3.05, 3.63) is 35.2 Å². The second-order valence-corrected chi connectivity index (χ2v) is 6.36. The Hall–Kier alpha value is -1.35. The van der Waals surface area contributed by atoms with E-state index in [2.05, 4.69) is 25.8 Å². The maximum Gasteiger partial charge on any atom is 0.246 e. The Kier molecular flexibility index (Phi) is 7.95. The normalized spacial score (nSPS) is 15.5. The Morgan fingerprint density at radius 1 is 1.24 bits per heavy atom. The molecule has 25 heavy (non-hydrogen) atoms. The minimum absolute atomic E-state index is 0. The van der Waals surface area contributed by atoms with E-state index in [1.54, 1.807) is 19.2 Å². The van der Waals surface area contributed by atoms with E-state index in [1.165, 1.54) is 32.1 Å². The molecule has 0 saturated heterocycles. The van der Waals surface area contributed by atoms with Gasteiger partial charge in [-0.15, -0.1) is 24.0 Å². The fourth-order valence-corrected chi connectivity index (χ4v) is 2.96. The zero-order chi connectivity index (χ0) is 16.8. The topological polar surface area (TPSA) is 75.3 Å². The lowest BCUT2D eigenvalue weighted by molar-refractivity contribution is 0.373. The van der Waals surface area contributed by atoms with Crippen molar-refractivity contribution >= 4 is 41.5 Å². The predicted octanol–water partition coefficient (Wildman–Crippen LogP) is 4.01. The largest absolute Gasteiger partial charge is 0.354 e. The number of aromatic nitrogens is 2. The van der Waals surface area contributed by atoms with Gasteiger partial charge in [0.2, 0.25) is 11.7 Å². The van der Waals surface area contributed by atoms with Gasteiger partial charge in [-0.05, 0) is 37.1 Å². The number of hydrogen-bond acceptors (Lipinski definition) is 4. The monoisotopic (exact) mass is 475 g/mol. The molecule has 1 aromatic carbocycles. The first-order chi connectivity index (χ1) is 11.7. The summed E-state index contributed by atoms with van der Waals surface area (Å²) in [5.41, 5.74) is 0.874. The minimum Gasteiger partial charge on any atom is -0.354 e. The summed E-state index contributed by atoms with van der Waals surface area (Å²) in [6, 6.07) is 7.85. The molecule has 1 aliphatic carbocycles. The van der Waals surface area contributed by atoms with Gasteiger partial charge in [-0.25, -0.2) is 0 Å². The summed E-state index contributed by atoms with van der Waals surface area (Å²) in [5.74, 6) is 1.85. The van der Waals surface area contributed by atoms with Crippen LogP contribution in [0.1, 0.15) is 38.0 Å². The smallest absolute Gasteiger partial charge is 0.246 e. The van der Waals surface area contributed by atoms with Crippen LogP contribution in [0, 0.1) is 0 Å². The molecule has 0 aliphatic heterocycles. The van der Waals surface area contributed by atoms with Crippen LogP contribution in [-0.4, -0.2) is 29.2 Å². The number of halogens is 2. The number of nitrogens with one attached hydrogen (secondary N) is 2. The van der Waals surface area contributed by atoms with Gasteiger partial charge < -0.3 is 15.2 Å². The van der Waals surface area contributed by atoms with Crippen LogP contribution >= 0.6 is 35.6 Å². The number of hydrogen-bond donors (Lipinski definition) is 2. The third-order valence-electron chi connectivity index (χ3n) is 4.15. The van der Waals surface area contributed by atoms with Gasteiger partial charge in [-0.2, -0.15) is 4.98 Å². The zero-order valence-electron chi connectivity index (χ0n) is 14.2. The van der Waals surface area contributed by atoms with Crippen LogP contribution in [0.5, 0.6) is 0 Å². The molecular formula is C17H23ClIN5O. The van der Waals surface area contributed by atoms with E-state index in [9.17, 15) is 0 Å². The third-order valence-corrected chi connectivity index (χ3v) is 4.40. The van der Waals surface area contributed by atoms with Crippen LogP contribution in [0.25, 0.3) is 11.4 Å². The molecule has 2 aromatic rings. The molecule has 0 radical (unpaired) electrons. The molecule has 0 bridgehead atoms. The van der Waals surface area contributed by atoms with E-state index in [-0.39, 0.29) is 24.0 Å². The van der Waals surface area contributed by atoms with E-state index in [0.717, 1.165) is 11.5 Å². The maximum atomic E-state index is 5.89. The van der Waals surface area contributed by atoms with Gasteiger partial charge >= 0.3 is 0 Å². The Morgan fingerprint density at radius 2 is 1.96 bits per heavy atom. The summed E-state index contributed by atoms with van der Waals surface area (Å²) in [7, 11) is 1.77. The van der Waals surface area contributed by atoms with Gasteiger partial charge in [-0.1, -0.05) is 36.0 Å². The lowest BCUT2D eigenvalue weighted by atomic mass is 9.96. The highest BCUT2D eigenvalue weighted by molar-refractivity contribution is 14.0. The first kappa shape index (κ1) is 20.0. The van der Waals surface area contributed by atoms with E-state index in [1.807, 2.05) is 12.1 Å². The molecule has 8 heteroatoms. The van der Waals surface area contributed by atoms with Gasteiger partial charge in [0.25, 0.3) is 0 Å². The SMILES string of the molecule is CN=C(NCc1nc(-c2ccc(Cl)cc2)no1)NC1CCCCC1.I. The molecule has 1 fully saturated rings. The van der Waals surface area contributed by atoms with Crippen LogP contribution in [0.3, 0.4) is 0 Å². The summed E-state index contributed by atoms with van der Waals surface area (Å²) < 4.78 is 5.29. The summed E-state index contributed by atoms with van der Waals surface area (Å²) in [6.07, 6.45) is 6.29. The lowest BCUT2D eigenvalue weighted by Gasteiger charge is -2.24. The quantitative estimate of drug-likeness (QED) is 0.397. The molecule has 1 heterocycles. The highest BCUT2D eigenvalue weighted by Gasteiger charge is 2.15. The molecule has 1 aliphatic rings. The van der Waals surface area contributed by atoms with Gasteiger partial charge in [0.1, 0.15) is 0 Å². The minimum atomic E-state index is 0. The van der Waals surface area contributed by atoms with Crippen LogP contribution in [0.4, 0.5) is 0 Å². The van der Waals surface area contributed by atoms with E-state index >= 15 is 0 Å². The van der Waals surface area contributed by atoms with Crippen molar-refractivity contribution in [1.29, 1.82) is 0 Å². The number of rotatable bonds is 4. The summed E-state index contributed by atoms with van der Waals surface area (Å²) in [5, 5.41) is 11.4. The Bertz CT molecular complexity index is 683. The number of guanidine groups is 1. The first-order valence-electron chi connectivity index (χ1n) is 8.30. The summed E-state index contributed by atoms with van der Waals surface area (Å²) in [6.45, 7) is 0.437. The second-order valence-electron chi connectivity index (χ2n) is 5.92. The standard InChI is InChI=1S/C17H22ClN5O.HI/c1-19-17(21-14-5-3-2-4-6-14)20-11-15-22-16(23-24-15)12-7-9-13(18)10-8-12;/h7-10,14H,2-6,11H2,1H3,(H2,19,20,21);1H. The molecule has 0 spiro atoms. The molecule has 136 valence electrons. The van der Waals surface area contributed by atoms with Gasteiger partial charge in [-0.3, -0.25) is 4.99 Å². The van der Waals surface area contributed by atoms with Gasteiger partial charge in [0.15, 0.2) is 5.96 Å². The van der Waals surface area contributed by atoms with Crippen molar-refractivity contribution in [2.24, 2.45) is 4.99 Å². The van der Waals surface area contributed by atoms with E-state index in [4.69, 9.17) is 16.1 Å². The lowest BCUT2D eigenvalue weighted by Crippen LogP contribution is -2.43. The predicted molar refractivity (Wildman–Crippen MR) is 110 cm³/mol. The molecule has 1 saturated carbocycles. The van der Waals surface area contributed by atoms with Crippen molar-refractivity contribution in [3.8, 4) is 11.4 Å². The number of aliphatic imine (C=N–C) groups is 1. The third kappa shape index (κ3) is 5.85. The van der Waals surface area contributed by atoms with Gasteiger partial charge in [0.05, 0.1) is 6.54 Å². The number of benzene rings is 1. The molecule has 0 amide bonds. The molecule has 0 unspecified atom stereocenters. The summed E-state index contributed by atoms with van der Waals surface area (Å²) in [4.78, 5) is 8.66. The molecule has 2 N–H and O–H groups in total. The first-order valence-corrected chi connectivity index (χ1v) is 8.68. The fraction of sp³-hybridized carbons (Fsp3) is 0.471. The average Bonchev–Trinajstić information content (AvgIpc) is 3.09. The molecule has 6 nitrogen and oxygen atoms in total. The van der Waals surface area contributed by atoms with E-state index < -0.39 is 0 Å². The molecule has 0 atom stereocenters.